The van der Waals surface area contributed by atoms with Gasteiger partial charge in [-0.3, -0.25) is 14.5 Å². The molecule has 0 radical (unpaired) electrons. The van der Waals surface area contributed by atoms with Gasteiger partial charge in [-0.25, -0.2) is 4.39 Å². The third-order valence-electron chi connectivity index (χ3n) is 3.46. The Morgan fingerprint density at radius 2 is 2.05 bits per heavy atom. The van der Waals surface area contributed by atoms with Crippen LogP contribution in [0.4, 0.5) is 4.39 Å². The number of nitrogens with one attached hydrogen (secondary N) is 1. The minimum Gasteiger partial charge on any atom is -0.480 e. The third-order valence-corrected chi connectivity index (χ3v) is 3.77. The molecule has 0 spiro atoms. The Balaban J connectivity index is 1.86. The SMILES string of the molecule is O=C(O)CN1CCC(NC(=O)c2ccc(Cl)c(F)c2)CC1. The summed E-state index contributed by atoms with van der Waals surface area (Å²) in [5.41, 5.74) is 0.227. The van der Waals surface area contributed by atoms with Gasteiger partial charge in [0.05, 0.1) is 11.6 Å². The van der Waals surface area contributed by atoms with Crippen LogP contribution in [-0.2, 0) is 4.79 Å². The average Bonchev–Trinajstić information content (AvgIpc) is 2.43. The van der Waals surface area contributed by atoms with Crippen molar-refractivity contribution in [3.8, 4) is 0 Å². The van der Waals surface area contributed by atoms with Crippen molar-refractivity contribution in [2.45, 2.75) is 18.9 Å². The largest absolute Gasteiger partial charge is 0.480 e. The van der Waals surface area contributed by atoms with Crippen LogP contribution in [0.25, 0.3) is 0 Å². The predicted molar refractivity (Wildman–Crippen MR) is 76.0 cm³/mol. The summed E-state index contributed by atoms with van der Waals surface area (Å²) in [5, 5.41) is 11.5. The lowest BCUT2D eigenvalue weighted by Gasteiger charge is -2.31. The fourth-order valence-corrected chi connectivity index (χ4v) is 2.45. The number of piperidine rings is 1. The zero-order valence-electron chi connectivity index (χ0n) is 11.3. The summed E-state index contributed by atoms with van der Waals surface area (Å²) in [6.45, 7) is 1.25. The first-order valence-electron chi connectivity index (χ1n) is 6.66. The number of hydrogen-bond acceptors (Lipinski definition) is 3. The van der Waals surface area contributed by atoms with Gasteiger partial charge < -0.3 is 10.4 Å². The first kappa shape index (κ1) is 15.7. The van der Waals surface area contributed by atoms with Gasteiger partial charge in [-0.2, -0.15) is 0 Å². The van der Waals surface area contributed by atoms with Crippen LogP contribution in [0.15, 0.2) is 18.2 Å². The summed E-state index contributed by atoms with van der Waals surface area (Å²) in [5.74, 6) is -1.82. The molecule has 1 saturated heterocycles. The summed E-state index contributed by atoms with van der Waals surface area (Å²) in [6, 6.07) is 3.90. The molecule has 1 heterocycles. The molecule has 114 valence electrons. The highest BCUT2D eigenvalue weighted by Crippen LogP contribution is 2.16. The first-order valence-corrected chi connectivity index (χ1v) is 7.03. The molecular formula is C14H16ClFN2O3. The molecule has 1 aliphatic heterocycles. The Bertz CT molecular complexity index is 545. The van der Waals surface area contributed by atoms with Gasteiger partial charge in [-0.15, -0.1) is 0 Å². The molecule has 1 fully saturated rings. The fourth-order valence-electron chi connectivity index (χ4n) is 2.33. The summed E-state index contributed by atoms with van der Waals surface area (Å²) in [7, 11) is 0. The molecule has 21 heavy (non-hydrogen) atoms. The van der Waals surface area contributed by atoms with Crippen LogP contribution in [0.5, 0.6) is 0 Å². The van der Waals surface area contributed by atoms with Gasteiger partial charge in [0.25, 0.3) is 5.91 Å². The summed E-state index contributed by atoms with van der Waals surface area (Å²) < 4.78 is 13.3. The number of carbonyl (C=O) groups excluding carboxylic acids is 1. The Kier molecular flexibility index (Phi) is 5.14. The second kappa shape index (κ2) is 6.87. The number of halogens is 2. The van der Waals surface area contributed by atoms with E-state index in [2.05, 4.69) is 5.32 Å². The Morgan fingerprint density at radius 1 is 1.38 bits per heavy atom. The smallest absolute Gasteiger partial charge is 0.317 e. The minimum absolute atomic E-state index is 0.0169. The first-order chi connectivity index (χ1) is 9.95. The second-order valence-corrected chi connectivity index (χ2v) is 5.45. The van der Waals surface area contributed by atoms with Crippen LogP contribution in [0, 0.1) is 5.82 Å². The number of aliphatic carboxylic acids is 1. The summed E-state index contributed by atoms with van der Waals surface area (Å²) in [6.07, 6.45) is 1.35. The number of hydrogen-bond donors (Lipinski definition) is 2. The van der Waals surface area contributed by atoms with Crippen molar-refractivity contribution in [2.75, 3.05) is 19.6 Å². The van der Waals surface area contributed by atoms with Crippen molar-refractivity contribution in [3.63, 3.8) is 0 Å². The Morgan fingerprint density at radius 3 is 2.62 bits per heavy atom. The van der Waals surface area contributed by atoms with E-state index in [-0.39, 0.29) is 29.1 Å². The zero-order chi connectivity index (χ0) is 15.4. The maximum absolute atomic E-state index is 13.3. The van der Waals surface area contributed by atoms with E-state index in [0.717, 1.165) is 6.07 Å². The molecule has 0 unspecified atom stereocenters. The van der Waals surface area contributed by atoms with Crippen LogP contribution in [0.2, 0.25) is 5.02 Å². The quantitative estimate of drug-likeness (QED) is 0.888. The van der Waals surface area contributed by atoms with E-state index in [4.69, 9.17) is 16.7 Å². The second-order valence-electron chi connectivity index (χ2n) is 5.05. The molecular weight excluding hydrogens is 299 g/mol. The molecule has 1 aliphatic rings. The number of benzene rings is 1. The van der Waals surface area contributed by atoms with Gasteiger partial charge in [0.1, 0.15) is 5.82 Å². The average molecular weight is 315 g/mol. The number of likely N-dealkylation sites (tertiary alicyclic amines) is 1. The predicted octanol–water partition coefficient (Wildman–Crippen LogP) is 1.76. The highest BCUT2D eigenvalue weighted by molar-refractivity contribution is 6.30. The highest BCUT2D eigenvalue weighted by atomic mass is 35.5. The molecule has 0 aromatic heterocycles. The van der Waals surface area contributed by atoms with Gasteiger partial charge in [-0.05, 0) is 31.0 Å². The van der Waals surface area contributed by atoms with E-state index in [9.17, 15) is 14.0 Å². The van der Waals surface area contributed by atoms with E-state index in [1.54, 1.807) is 0 Å². The number of carboxylic acids is 1. The molecule has 0 bridgehead atoms. The van der Waals surface area contributed by atoms with Crippen molar-refractivity contribution in [1.29, 1.82) is 0 Å². The molecule has 1 aromatic rings. The Hall–Kier alpha value is -1.66. The number of rotatable bonds is 4. The molecule has 0 aliphatic carbocycles. The maximum atomic E-state index is 13.3. The lowest BCUT2D eigenvalue weighted by atomic mass is 10.0. The molecule has 7 heteroatoms. The highest BCUT2D eigenvalue weighted by Gasteiger charge is 2.22. The number of carbonyl (C=O) groups is 2. The fraction of sp³-hybridized carbons (Fsp3) is 0.429. The summed E-state index contributed by atoms with van der Waals surface area (Å²) in [4.78, 5) is 24.4. The molecule has 1 aromatic carbocycles. The monoisotopic (exact) mass is 314 g/mol. The molecule has 5 nitrogen and oxygen atoms in total. The summed E-state index contributed by atoms with van der Waals surface area (Å²) >= 11 is 5.57. The lowest BCUT2D eigenvalue weighted by Crippen LogP contribution is -2.45. The van der Waals surface area contributed by atoms with E-state index >= 15 is 0 Å². The molecule has 1 amide bonds. The molecule has 2 rings (SSSR count). The van der Waals surface area contributed by atoms with E-state index in [1.165, 1.54) is 12.1 Å². The van der Waals surface area contributed by atoms with E-state index < -0.39 is 11.8 Å². The van der Waals surface area contributed by atoms with E-state index in [1.807, 2.05) is 4.90 Å². The van der Waals surface area contributed by atoms with Crippen molar-refractivity contribution < 1.29 is 19.1 Å². The maximum Gasteiger partial charge on any atom is 0.317 e. The van der Waals surface area contributed by atoms with Crippen LogP contribution in [-0.4, -0.2) is 47.6 Å². The van der Waals surface area contributed by atoms with Crippen LogP contribution >= 0.6 is 11.6 Å². The van der Waals surface area contributed by atoms with Crippen molar-refractivity contribution >= 4 is 23.5 Å². The number of carboxylic acid groups (broad SMARTS) is 1. The zero-order valence-corrected chi connectivity index (χ0v) is 12.1. The molecule has 0 saturated carbocycles. The molecule has 0 atom stereocenters. The van der Waals surface area contributed by atoms with E-state index in [0.29, 0.717) is 25.9 Å². The van der Waals surface area contributed by atoms with Crippen molar-refractivity contribution in [1.82, 2.24) is 10.2 Å². The normalized spacial score (nSPS) is 16.7. The number of amides is 1. The van der Waals surface area contributed by atoms with Crippen molar-refractivity contribution in [3.05, 3.63) is 34.6 Å². The minimum atomic E-state index is -0.853. The standard InChI is InChI=1S/C14H16ClFN2O3/c15-11-2-1-9(7-12(11)16)14(21)17-10-3-5-18(6-4-10)8-13(19)20/h1-2,7,10H,3-6,8H2,(H,17,21)(H,19,20). The lowest BCUT2D eigenvalue weighted by molar-refractivity contribution is -0.138. The number of nitrogens with zero attached hydrogens (tertiary/aromatic N) is 1. The Labute approximate surface area is 126 Å². The van der Waals surface area contributed by atoms with Crippen molar-refractivity contribution in [2.24, 2.45) is 0 Å². The van der Waals surface area contributed by atoms with Crippen LogP contribution in [0.3, 0.4) is 0 Å². The van der Waals surface area contributed by atoms with Gasteiger partial charge in [-0.1, -0.05) is 11.6 Å². The van der Waals surface area contributed by atoms with Gasteiger partial charge in [0, 0.05) is 24.7 Å². The van der Waals surface area contributed by atoms with Gasteiger partial charge >= 0.3 is 5.97 Å². The molecule has 2 N–H and O–H groups in total. The van der Waals surface area contributed by atoms with Gasteiger partial charge in [0.2, 0.25) is 0 Å². The van der Waals surface area contributed by atoms with Crippen LogP contribution < -0.4 is 5.32 Å². The van der Waals surface area contributed by atoms with Gasteiger partial charge in [0.15, 0.2) is 0 Å². The van der Waals surface area contributed by atoms with Crippen LogP contribution in [0.1, 0.15) is 23.2 Å². The third kappa shape index (κ3) is 4.41. The topological polar surface area (TPSA) is 69.6 Å².